The lowest BCUT2D eigenvalue weighted by molar-refractivity contribution is 0.0707. The molecule has 2 N–H and O–H groups in total. The first kappa shape index (κ1) is 15.3. The predicted molar refractivity (Wildman–Crippen MR) is 97.5 cm³/mol. The van der Waals surface area contributed by atoms with Crippen LogP contribution in [0.15, 0.2) is 77.8 Å². The van der Waals surface area contributed by atoms with Crippen LogP contribution in [-0.4, -0.2) is 16.8 Å². The van der Waals surface area contributed by atoms with Gasteiger partial charge < -0.3 is 0 Å². The molecule has 4 heteroatoms. The molecule has 0 bridgehead atoms. The molecule has 0 unspecified atom stereocenters. The van der Waals surface area contributed by atoms with Crippen LogP contribution in [0.3, 0.4) is 0 Å². The number of para-hydroxylation sites is 1. The number of carbonyl (C=O) groups is 1. The average molecular weight is 328 g/mol. The minimum absolute atomic E-state index is 0.425. The van der Waals surface area contributed by atoms with Gasteiger partial charge in [-0.05, 0) is 40.5 Å². The number of carbonyl (C=O) groups excluding carboxylic acids is 1. The Morgan fingerprint density at radius 1 is 0.920 bits per heavy atom. The zero-order valence-corrected chi connectivity index (χ0v) is 13.4. The Labute approximate surface area is 145 Å². The van der Waals surface area contributed by atoms with Crippen LogP contribution < -0.4 is 5.48 Å². The van der Waals surface area contributed by atoms with Gasteiger partial charge in [-0.2, -0.15) is 0 Å². The summed E-state index contributed by atoms with van der Waals surface area (Å²) in [7, 11) is 0. The third-order valence-corrected chi connectivity index (χ3v) is 4.39. The van der Waals surface area contributed by atoms with Crippen LogP contribution in [-0.2, 0) is 6.42 Å². The number of amides is 1. The number of fused-ring (bicyclic) bond motifs is 1. The van der Waals surface area contributed by atoms with Gasteiger partial charge in [0.2, 0.25) is 0 Å². The third-order valence-electron chi connectivity index (χ3n) is 4.39. The molecule has 0 aromatic heterocycles. The van der Waals surface area contributed by atoms with E-state index in [-0.39, 0.29) is 0 Å². The van der Waals surface area contributed by atoms with Gasteiger partial charge in [0, 0.05) is 12.0 Å². The minimum Gasteiger partial charge on any atom is -0.288 e. The van der Waals surface area contributed by atoms with Gasteiger partial charge in [-0.25, -0.2) is 5.48 Å². The van der Waals surface area contributed by atoms with Crippen molar-refractivity contribution in [1.29, 1.82) is 0 Å². The number of aliphatic imine (C=N–C) groups is 1. The molecule has 0 spiro atoms. The van der Waals surface area contributed by atoms with Crippen molar-refractivity contribution in [3.8, 4) is 11.1 Å². The molecule has 1 amide bonds. The fraction of sp³-hybridized carbons (Fsp3) is 0.0476. The van der Waals surface area contributed by atoms with Crippen molar-refractivity contribution < 1.29 is 10.0 Å². The summed E-state index contributed by atoms with van der Waals surface area (Å²) < 4.78 is 0. The van der Waals surface area contributed by atoms with E-state index in [1.165, 1.54) is 5.56 Å². The van der Waals surface area contributed by atoms with Crippen LogP contribution in [0, 0.1) is 0 Å². The van der Waals surface area contributed by atoms with Crippen molar-refractivity contribution in [2.45, 2.75) is 6.42 Å². The summed E-state index contributed by atoms with van der Waals surface area (Å²) in [6.45, 7) is 0. The van der Waals surface area contributed by atoms with Gasteiger partial charge >= 0.3 is 0 Å². The monoisotopic (exact) mass is 328 g/mol. The summed E-state index contributed by atoms with van der Waals surface area (Å²) in [5.74, 6) is -0.526. The molecule has 122 valence electrons. The standard InChI is InChI=1S/C21H16N2O2/c24-21(23-25)17-11-10-16(12-18(17)14-6-2-1-3-7-14)20-13-15-8-4-5-9-19(15)22-20/h1-12,25H,13H2,(H,23,24). The van der Waals surface area contributed by atoms with Gasteiger partial charge in [0.05, 0.1) is 11.4 Å². The zero-order chi connectivity index (χ0) is 17.2. The number of rotatable bonds is 3. The quantitative estimate of drug-likeness (QED) is 0.560. The number of hydrogen-bond acceptors (Lipinski definition) is 3. The second-order valence-electron chi connectivity index (χ2n) is 5.93. The van der Waals surface area contributed by atoms with E-state index in [2.05, 4.69) is 6.07 Å². The number of nitrogens with zero attached hydrogens (tertiary/aromatic N) is 1. The first-order valence-electron chi connectivity index (χ1n) is 8.06. The first-order valence-corrected chi connectivity index (χ1v) is 8.06. The van der Waals surface area contributed by atoms with Crippen LogP contribution in [0.2, 0.25) is 0 Å². The summed E-state index contributed by atoms with van der Waals surface area (Å²) in [6.07, 6.45) is 0.774. The highest BCUT2D eigenvalue weighted by Crippen LogP contribution is 2.31. The lowest BCUT2D eigenvalue weighted by Gasteiger charge is -2.11. The summed E-state index contributed by atoms with van der Waals surface area (Å²) in [6, 6.07) is 23.3. The van der Waals surface area contributed by atoms with Gasteiger partial charge in [-0.1, -0.05) is 54.6 Å². The van der Waals surface area contributed by atoms with Gasteiger partial charge in [0.1, 0.15) is 0 Å². The molecule has 0 aliphatic carbocycles. The maximum Gasteiger partial charge on any atom is 0.275 e. The van der Waals surface area contributed by atoms with E-state index in [0.717, 1.165) is 34.5 Å². The normalized spacial score (nSPS) is 12.4. The molecule has 0 saturated heterocycles. The highest BCUT2D eigenvalue weighted by Gasteiger charge is 2.18. The molecule has 1 aliphatic rings. The molecule has 0 radical (unpaired) electrons. The Bertz CT molecular complexity index is 978. The maximum atomic E-state index is 12.0. The second kappa shape index (κ2) is 6.34. The zero-order valence-electron chi connectivity index (χ0n) is 13.4. The van der Waals surface area contributed by atoms with E-state index in [1.54, 1.807) is 11.5 Å². The summed E-state index contributed by atoms with van der Waals surface area (Å²) in [5, 5.41) is 9.04. The molecule has 4 nitrogen and oxygen atoms in total. The van der Waals surface area contributed by atoms with Crippen LogP contribution in [0.25, 0.3) is 11.1 Å². The van der Waals surface area contributed by atoms with Crippen molar-refractivity contribution in [3.63, 3.8) is 0 Å². The number of benzene rings is 3. The molecule has 0 fully saturated rings. The summed E-state index contributed by atoms with van der Waals surface area (Å²) in [4.78, 5) is 16.7. The number of hydrogen-bond donors (Lipinski definition) is 2. The lowest BCUT2D eigenvalue weighted by Crippen LogP contribution is -2.19. The Morgan fingerprint density at radius 2 is 1.68 bits per heavy atom. The van der Waals surface area contributed by atoms with Crippen molar-refractivity contribution in [1.82, 2.24) is 5.48 Å². The Balaban J connectivity index is 1.81. The second-order valence-corrected chi connectivity index (χ2v) is 5.93. The van der Waals surface area contributed by atoms with Crippen molar-refractivity contribution in [2.24, 2.45) is 4.99 Å². The van der Waals surface area contributed by atoms with Crippen molar-refractivity contribution >= 4 is 17.3 Å². The molecular formula is C21H16N2O2. The van der Waals surface area contributed by atoms with E-state index in [1.807, 2.05) is 60.7 Å². The van der Waals surface area contributed by atoms with E-state index < -0.39 is 5.91 Å². The van der Waals surface area contributed by atoms with Gasteiger partial charge in [0.15, 0.2) is 0 Å². The fourth-order valence-corrected chi connectivity index (χ4v) is 3.14. The van der Waals surface area contributed by atoms with Gasteiger partial charge in [-0.15, -0.1) is 0 Å². The summed E-state index contributed by atoms with van der Waals surface area (Å²) >= 11 is 0. The first-order chi connectivity index (χ1) is 12.3. The Kier molecular flexibility index (Phi) is 3.88. The van der Waals surface area contributed by atoms with E-state index in [4.69, 9.17) is 10.2 Å². The molecule has 0 saturated carbocycles. The van der Waals surface area contributed by atoms with E-state index >= 15 is 0 Å². The minimum atomic E-state index is -0.526. The SMILES string of the molecule is O=C(NO)c1ccc(C2=Nc3ccccc3C2)cc1-c1ccccc1. The van der Waals surface area contributed by atoms with Crippen LogP contribution in [0.5, 0.6) is 0 Å². The van der Waals surface area contributed by atoms with Crippen molar-refractivity contribution in [3.05, 3.63) is 89.5 Å². The largest absolute Gasteiger partial charge is 0.288 e. The van der Waals surface area contributed by atoms with Gasteiger partial charge in [0.25, 0.3) is 5.91 Å². The smallest absolute Gasteiger partial charge is 0.275 e. The van der Waals surface area contributed by atoms with Crippen LogP contribution in [0.1, 0.15) is 21.5 Å². The average Bonchev–Trinajstić information content (AvgIpc) is 3.12. The Hall–Kier alpha value is -3.24. The van der Waals surface area contributed by atoms with E-state index in [0.29, 0.717) is 5.56 Å². The molecule has 3 aromatic carbocycles. The maximum absolute atomic E-state index is 12.0. The molecular weight excluding hydrogens is 312 g/mol. The summed E-state index contributed by atoms with van der Waals surface area (Å²) in [5.41, 5.74) is 7.99. The third kappa shape index (κ3) is 2.84. The highest BCUT2D eigenvalue weighted by molar-refractivity contribution is 6.09. The molecule has 3 aromatic rings. The lowest BCUT2D eigenvalue weighted by atomic mass is 9.94. The molecule has 1 heterocycles. The topological polar surface area (TPSA) is 61.7 Å². The predicted octanol–water partition coefficient (Wildman–Crippen LogP) is 4.15. The van der Waals surface area contributed by atoms with Crippen molar-refractivity contribution in [2.75, 3.05) is 0 Å². The molecule has 4 rings (SSSR count). The van der Waals surface area contributed by atoms with Crippen LogP contribution >= 0.6 is 0 Å². The van der Waals surface area contributed by atoms with Crippen LogP contribution in [0.4, 0.5) is 5.69 Å². The Morgan fingerprint density at radius 3 is 2.44 bits per heavy atom. The number of nitrogens with one attached hydrogen (secondary N) is 1. The molecule has 0 atom stereocenters. The number of hydroxylamine groups is 1. The highest BCUT2D eigenvalue weighted by atomic mass is 16.5. The molecule has 25 heavy (non-hydrogen) atoms. The molecule has 1 aliphatic heterocycles. The van der Waals surface area contributed by atoms with Gasteiger partial charge in [-0.3, -0.25) is 15.0 Å². The van der Waals surface area contributed by atoms with E-state index in [9.17, 15) is 4.79 Å². The fourth-order valence-electron chi connectivity index (χ4n) is 3.14.